The molecule has 0 unspecified atom stereocenters. The van der Waals surface area contributed by atoms with Crippen molar-refractivity contribution >= 4 is 17.6 Å². The highest BCUT2D eigenvalue weighted by Crippen LogP contribution is 2.20. The first-order valence-corrected chi connectivity index (χ1v) is 7.32. The number of anilines is 1. The van der Waals surface area contributed by atoms with Crippen molar-refractivity contribution in [3.05, 3.63) is 11.9 Å². The predicted octanol–water partition coefficient (Wildman–Crippen LogP) is 1.71. The first kappa shape index (κ1) is 15.0. The van der Waals surface area contributed by atoms with E-state index < -0.39 is 0 Å². The van der Waals surface area contributed by atoms with E-state index in [1.807, 2.05) is 25.6 Å². The Bertz CT molecular complexity index is 350. The average molecular weight is 271 g/mol. The van der Waals surface area contributed by atoms with Crippen molar-refractivity contribution in [3.8, 4) is 5.88 Å². The van der Waals surface area contributed by atoms with Crippen LogP contribution in [-0.4, -0.2) is 46.3 Å². The number of nitrogens with one attached hydrogen (secondary N) is 1. The molecule has 1 heterocycles. The summed E-state index contributed by atoms with van der Waals surface area (Å²) in [6.07, 6.45) is 2.37. The summed E-state index contributed by atoms with van der Waals surface area (Å²) in [5.74, 6) is 3.46. The lowest BCUT2D eigenvalue weighted by atomic mass is 10.3. The van der Waals surface area contributed by atoms with E-state index in [1.165, 1.54) is 6.33 Å². The van der Waals surface area contributed by atoms with Crippen LogP contribution in [0.25, 0.3) is 0 Å². The quantitative estimate of drug-likeness (QED) is 0.667. The van der Waals surface area contributed by atoms with Crippen LogP contribution in [0, 0.1) is 6.92 Å². The van der Waals surface area contributed by atoms with Crippen molar-refractivity contribution in [2.75, 3.05) is 36.6 Å². The number of thioether (sulfide) groups is 1. The van der Waals surface area contributed by atoms with Crippen LogP contribution in [0.2, 0.25) is 0 Å². The van der Waals surface area contributed by atoms with Gasteiger partial charge in [0.25, 0.3) is 0 Å². The van der Waals surface area contributed by atoms with Crippen LogP contribution in [0.15, 0.2) is 6.33 Å². The van der Waals surface area contributed by atoms with Gasteiger partial charge in [-0.15, -0.1) is 0 Å². The van der Waals surface area contributed by atoms with E-state index >= 15 is 0 Å². The Morgan fingerprint density at radius 1 is 1.39 bits per heavy atom. The zero-order valence-electron chi connectivity index (χ0n) is 11.0. The first-order chi connectivity index (χ1) is 8.79. The molecule has 0 spiro atoms. The third-order valence-corrected chi connectivity index (χ3v) is 3.37. The number of aliphatic hydroxyl groups is 1. The van der Waals surface area contributed by atoms with E-state index in [2.05, 4.69) is 15.3 Å². The molecule has 102 valence electrons. The van der Waals surface area contributed by atoms with Gasteiger partial charge in [-0.1, -0.05) is 0 Å². The van der Waals surface area contributed by atoms with Crippen LogP contribution in [0.1, 0.15) is 18.9 Å². The SMILES string of the molecule is CCOc1ncnc(NCCSCCCO)c1C. The minimum absolute atomic E-state index is 0.267. The van der Waals surface area contributed by atoms with Gasteiger partial charge in [0, 0.05) is 18.9 Å². The lowest BCUT2D eigenvalue weighted by Gasteiger charge is -2.11. The zero-order valence-corrected chi connectivity index (χ0v) is 11.8. The maximum absolute atomic E-state index is 8.66. The van der Waals surface area contributed by atoms with Gasteiger partial charge in [0.2, 0.25) is 5.88 Å². The van der Waals surface area contributed by atoms with E-state index in [4.69, 9.17) is 9.84 Å². The summed E-state index contributed by atoms with van der Waals surface area (Å²) in [5, 5.41) is 11.9. The number of ether oxygens (including phenoxy) is 1. The fraction of sp³-hybridized carbons (Fsp3) is 0.667. The van der Waals surface area contributed by atoms with Crippen molar-refractivity contribution in [2.45, 2.75) is 20.3 Å². The maximum atomic E-state index is 8.66. The molecule has 1 aromatic heterocycles. The third kappa shape index (κ3) is 5.10. The van der Waals surface area contributed by atoms with Gasteiger partial charge in [-0.3, -0.25) is 0 Å². The van der Waals surface area contributed by atoms with Gasteiger partial charge in [0.1, 0.15) is 12.1 Å². The van der Waals surface area contributed by atoms with Gasteiger partial charge in [0.15, 0.2) is 0 Å². The van der Waals surface area contributed by atoms with Crippen molar-refractivity contribution in [1.29, 1.82) is 0 Å². The topological polar surface area (TPSA) is 67.3 Å². The van der Waals surface area contributed by atoms with Gasteiger partial charge in [-0.05, 0) is 26.0 Å². The molecule has 5 nitrogen and oxygen atoms in total. The largest absolute Gasteiger partial charge is 0.478 e. The van der Waals surface area contributed by atoms with Crippen molar-refractivity contribution < 1.29 is 9.84 Å². The number of aromatic nitrogens is 2. The highest BCUT2D eigenvalue weighted by Gasteiger charge is 2.06. The molecule has 0 aliphatic heterocycles. The molecule has 0 aromatic carbocycles. The second-order valence-electron chi connectivity index (χ2n) is 3.70. The molecular weight excluding hydrogens is 250 g/mol. The smallest absolute Gasteiger partial charge is 0.221 e. The number of hydrogen-bond acceptors (Lipinski definition) is 6. The van der Waals surface area contributed by atoms with Crippen LogP contribution in [0.3, 0.4) is 0 Å². The monoisotopic (exact) mass is 271 g/mol. The number of aliphatic hydroxyl groups excluding tert-OH is 1. The summed E-state index contributed by atoms with van der Waals surface area (Å²) in [4.78, 5) is 8.29. The lowest BCUT2D eigenvalue weighted by molar-refractivity contribution is 0.296. The van der Waals surface area contributed by atoms with Gasteiger partial charge in [0.05, 0.1) is 12.2 Å². The minimum Gasteiger partial charge on any atom is -0.478 e. The third-order valence-electron chi connectivity index (χ3n) is 2.30. The Morgan fingerprint density at radius 2 is 2.22 bits per heavy atom. The van der Waals surface area contributed by atoms with E-state index in [9.17, 15) is 0 Å². The first-order valence-electron chi connectivity index (χ1n) is 6.16. The van der Waals surface area contributed by atoms with Gasteiger partial charge in [-0.2, -0.15) is 11.8 Å². The molecule has 0 bridgehead atoms. The van der Waals surface area contributed by atoms with Crippen molar-refractivity contribution in [1.82, 2.24) is 9.97 Å². The molecule has 2 N–H and O–H groups in total. The molecule has 0 aliphatic carbocycles. The summed E-state index contributed by atoms with van der Waals surface area (Å²) >= 11 is 1.82. The molecule has 0 saturated heterocycles. The van der Waals surface area contributed by atoms with E-state index in [-0.39, 0.29) is 6.61 Å². The Kier molecular flexibility index (Phi) is 7.52. The molecule has 0 radical (unpaired) electrons. The standard InChI is InChI=1S/C12H21N3O2S/c1-3-17-12-10(2)11(14-9-15-12)13-5-8-18-7-4-6-16/h9,16H,3-8H2,1-2H3,(H,13,14,15). The molecule has 0 saturated carbocycles. The number of rotatable bonds is 9. The van der Waals surface area contributed by atoms with E-state index in [0.717, 1.165) is 35.9 Å². The van der Waals surface area contributed by atoms with Crippen LogP contribution >= 0.6 is 11.8 Å². The summed E-state index contributed by atoms with van der Waals surface area (Å²) in [6, 6.07) is 0. The van der Waals surface area contributed by atoms with Crippen LogP contribution < -0.4 is 10.1 Å². The van der Waals surface area contributed by atoms with E-state index in [1.54, 1.807) is 0 Å². The molecule has 0 fully saturated rings. The van der Waals surface area contributed by atoms with Crippen LogP contribution in [0.4, 0.5) is 5.82 Å². The fourth-order valence-corrected chi connectivity index (χ4v) is 2.19. The molecule has 0 aliphatic rings. The van der Waals surface area contributed by atoms with Crippen molar-refractivity contribution in [2.24, 2.45) is 0 Å². The lowest BCUT2D eigenvalue weighted by Crippen LogP contribution is -2.09. The van der Waals surface area contributed by atoms with Crippen LogP contribution in [0.5, 0.6) is 5.88 Å². The Labute approximate surface area is 112 Å². The normalized spacial score (nSPS) is 10.4. The molecule has 6 heteroatoms. The Morgan fingerprint density at radius 3 is 2.94 bits per heavy atom. The Hall–Kier alpha value is -1.01. The fourth-order valence-electron chi connectivity index (χ4n) is 1.40. The molecule has 0 amide bonds. The summed E-state index contributed by atoms with van der Waals surface area (Å²) in [6.45, 7) is 5.61. The zero-order chi connectivity index (χ0) is 13.2. The Balaban J connectivity index is 2.35. The summed E-state index contributed by atoms with van der Waals surface area (Å²) < 4.78 is 5.41. The highest BCUT2D eigenvalue weighted by atomic mass is 32.2. The molecule has 18 heavy (non-hydrogen) atoms. The summed E-state index contributed by atoms with van der Waals surface area (Å²) in [5.41, 5.74) is 0.944. The minimum atomic E-state index is 0.267. The van der Waals surface area contributed by atoms with Crippen LogP contribution in [-0.2, 0) is 0 Å². The van der Waals surface area contributed by atoms with Gasteiger partial charge in [-0.25, -0.2) is 9.97 Å². The molecule has 1 aromatic rings. The van der Waals surface area contributed by atoms with Gasteiger partial charge >= 0.3 is 0 Å². The second kappa shape index (κ2) is 8.99. The summed E-state index contributed by atoms with van der Waals surface area (Å²) in [7, 11) is 0. The molecular formula is C12H21N3O2S. The van der Waals surface area contributed by atoms with Gasteiger partial charge < -0.3 is 15.2 Å². The number of hydrogen-bond donors (Lipinski definition) is 2. The average Bonchev–Trinajstić information content (AvgIpc) is 2.38. The maximum Gasteiger partial charge on any atom is 0.221 e. The highest BCUT2D eigenvalue weighted by molar-refractivity contribution is 7.99. The number of nitrogens with zero attached hydrogens (tertiary/aromatic N) is 2. The predicted molar refractivity (Wildman–Crippen MR) is 75.5 cm³/mol. The molecule has 0 atom stereocenters. The van der Waals surface area contributed by atoms with Crippen molar-refractivity contribution in [3.63, 3.8) is 0 Å². The van der Waals surface area contributed by atoms with E-state index in [0.29, 0.717) is 12.5 Å². The molecule has 1 rings (SSSR count). The second-order valence-corrected chi connectivity index (χ2v) is 4.93.